The van der Waals surface area contributed by atoms with Crippen LogP contribution in [0.25, 0.3) is 0 Å². The lowest BCUT2D eigenvalue weighted by Gasteiger charge is -2.39. The van der Waals surface area contributed by atoms with Crippen molar-refractivity contribution in [3.63, 3.8) is 0 Å². The van der Waals surface area contributed by atoms with Gasteiger partial charge in [-0.05, 0) is 33.3 Å². The van der Waals surface area contributed by atoms with E-state index in [-0.39, 0.29) is 5.54 Å². The van der Waals surface area contributed by atoms with Gasteiger partial charge < -0.3 is 10.2 Å². The second-order valence-electron chi connectivity index (χ2n) is 5.45. The third-order valence-electron chi connectivity index (χ3n) is 3.42. The molecule has 1 N–H and O–H groups in total. The van der Waals surface area contributed by atoms with E-state index in [0.29, 0.717) is 5.56 Å². The van der Waals surface area contributed by atoms with E-state index in [1.54, 1.807) is 0 Å². The first-order chi connectivity index (χ1) is 8.44. The summed E-state index contributed by atoms with van der Waals surface area (Å²) in [4.78, 5) is 2.15. The van der Waals surface area contributed by atoms with Gasteiger partial charge >= 0.3 is 0 Å². The van der Waals surface area contributed by atoms with Crippen molar-refractivity contribution in [1.29, 1.82) is 5.26 Å². The Bertz CT molecular complexity index is 501. The van der Waals surface area contributed by atoms with Crippen molar-refractivity contribution in [2.45, 2.75) is 33.2 Å². The van der Waals surface area contributed by atoms with Crippen molar-refractivity contribution < 1.29 is 0 Å². The van der Waals surface area contributed by atoms with E-state index in [0.717, 1.165) is 36.7 Å². The zero-order valence-electron chi connectivity index (χ0n) is 11.4. The van der Waals surface area contributed by atoms with E-state index in [2.05, 4.69) is 40.3 Å². The van der Waals surface area contributed by atoms with Crippen LogP contribution in [0.15, 0.2) is 0 Å². The zero-order valence-corrected chi connectivity index (χ0v) is 11.4. The summed E-state index contributed by atoms with van der Waals surface area (Å²) < 4.78 is 0. The van der Waals surface area contributed by atoms with Crippen LogP contribution in [0.2, 0.25) is 0 Å². The minimum absolute atomic E-state index is 0.0332. The van der Waals surface area contributed by atoms with Gasteiger partial charge in [-0.25, -0.2) is 0 Å². The zero-order chi connectivity index (χ0) is 13.3. The van der Waals surface area contributed by atoms with Crippen molar-refractivity contribution in [3.8, 4) is 6.07 Å². The smallest absolute Gasteiger partial charge is 0.169 e. The second kappa shape index (κ2) is 4.54. The van der Waals surface area contributed by atoms with Gasteiger partial charge in [0.05, 0.1) is 5.69 Å². The third kappa shape index (κ3) is 2.29. The lowest BCUT2D eigenvalue weighted by molar-refractivity contribution is 0.351. The van der Waals surface area contributed by atoms with E-state index in [1.807, 2.05) is 13.8 Å². The number of aromatic nitrogens is 2. The molecule has 0 atom stereocenters. The molecular formula is C13H19N5. The number of piperazine rings is 1. The monoisotopic (exact) mass is 245 g/mol. The molecule has 0 spiro atoms. The molecule has 5 nitrogen and oxygen atoms in total. The highest BCUT2D eigenvalue weighted by Gasteiger charge is 2.28. The highest BCUT2D eigenvalue weighted by Crippen LogP contribution is 2.24. The van der Waals surface area contributed by atoms with Crippen molar-refractivity contribution >= 4 is 5.82 Å². The van der Waals surface area contributed by atoms with Gasteiger partial charge in [0.1, 0.15) is 11.6 Å². The minimum atomic E-state index is 0.0332. The van der Waals surface area contributed by atoms with Gasteiger partial charge in [-0.15, -0.1) is 5.10 Å². The topological polar surface area (TPSA) is 64.8 Å². The maximum Gasteiger partial charge on any atom is 0.169 e. The molecule has 0 unspecified atom stereocenters. The molecule has 1 saturated heterocycles. The molecule has 1 aromatic rings. The fourth-order valence-corrected chi connectivity index (χ4v) is 2.27. The van der Waals surface area contributed by atoms with Gasteiger partial charge in [-0.2, -0.15) is 10.4 Å². The largest absolute Gasteiger partial charge is 0.351 e. The Morgan fingerprint density at radius 3 is 2.67 bits per heavy atom. The molecule has 0 radical (unpaired) electrons. The summed E-state index contributed by atoms with van der Waals surface area (Å²) in [6, 6.07) is 2.26. The number of aryl methyl sites for hydroxylation is 1. The lowest BCUT2D eigenvalue weighted by Crippen LogP contribution is -2.57. The summed E-state index contributed by atoms with van der Waals surface area (Å²) in [7, 11) is 0. The molecule has 0 aromatic carbocycles. The third-order valence-corrected chi connectivity index (χ3v) is 3.42. The van der Waals surface area contributed by atoms with Crippen molar-refractivity contribution in [2.75, 3.05) is 24.5 Å². The molecule has 0 bridgehead atoms. The Morgan fingerprint density at radius 1 is 1.33 bits per heavy atom. The van der Waals surface area contributed by atoms with Crippen LogP contribution in [-0.4, -0.2) is 35.4 Å². The predicted molar refractivity (Wildman–Crippen MR) is 70.5 cm³/mol. The SMILES string of the molecule is Cc1nnc(N2CCNC(C)(C)C2)c(C#N)c1C. The predicted octanol–water partition coefficient (Wildman–Crippen LogP) is 1.15. The number of nitrogens with one attached hydrogen (secondary N) is 1. The van der Waals surface area contributed by atoms with Crippen LogP contribution < -0.4 is 10.2 Å². The highest BCUT2D eigenvalue weighted by molar-refractivity contribution is 5.58. The Labute approximate surface area is 108 Å². The summed E-state index contributed by atoms with van der Waals surface area (Å²) in [6.07, 6.45) is 0. The standard InChI is InChI=1S/C13H19N5/c1-9-10(2)16-17-12(11(9)7-14)18-6-5-15-13(3,4)8-18/h15H,5-6,8H2,1-4H3. The fourth-order valence-electron chi connectivity index (χ4n) is 2.27. The van der Waals surface area contributed by atoms with Crippen molar-refractivity contribution in [2.24, 2.45) is 0 Å². The van der Waals surface area contributed by atoms with Gasteiger partial charge in [-0.3, -0.25) is 0 Å². The Kier molecular flexibility index (Phi) is 3.22. The Morgan fingerprint density at radius 2 is 2.06 bits per heavy atom. The number of anilines is 1. The van der Waals surface area contributed by atoms with Gasteiger partial charge in [0.15, 0.2) is 5.82 Å². The number of rotatable bonds is 1. The van der Waals surface area contributed by atoms with Gasteiger partial charge in [0.2, 0.25) is 0 Å². The molecule has 2 rings (SSSR count). The first-order valence-electron chi connectivity index (χ1n) is 6.18. The molecule has 1 aromatic heterocycles. The van der Waals surface area contributed by atoms with Crippen LogP contribution in [-0.2, 0) is 0 Å². The Balaban J connectivity index is 2.40. The summed E-state index contributed by atoms with van der Waals surface area (Å²) >= 11 is 0. The molecular weight excluding hydrogens is 226 g/mol. The summed E-state index contributed by atoms with van der Waals surface area (Å²) in [5.41, 5.74) is 2.44. The highest BCUT2D eigenvalue weighted by atomic mass is 15.3. The molecule has 96 valence electrons. The van der Waals surface area contributed by atoms with Gasteiger partial charge in [0.25, 0.3) is 0 Å². The maximum absolute atomic E-state index is 9.32. The average molecular weight is 245 g/mol. The van der Waals surface area contributed by atoms with Crippen LogP contribution in [0, 0.1) is 25.2 Å². The molecule has 0 saturated carbocycles. The average Bonchev–Trinajstić information content (AvgIpc) is 2.31. The van der Waals surface area contributed by atoms with Crippen LogP contribution >= 0.6 is 0 Å². The quantitative estimate of drug-likeness (QED) is 0.804. The van der Waals surface area contributed by atoms with Crippen LogP contribution in [0.1, 0.15) is 30.7 Å². The minimum Gasteiger partial charge on any atom is -0.351 e. The van der Waals surface area contributed by atoms with E-state index in [4.69, 9.17) is 0 Å². The number of nitriles is 1. The van der Waals surface area contributed by atoms with Crippen LogP contribution in [0.3, 0.4) is 0 Å². The van der Waals surface area contributed by atoms with Gasteiger partial charge in [0, 0.05) is 25.2 Å². The van der Waals surface area contributed by atoms with Crippen molar-refractivity contribution in [1.82, 2.24) is 15.5 Å². The summed E-state index contributed by atoms with van der Waals surface area (Å²) in [6.45, 7) is 10.7. The molecule has 5 heteroatoms. The van der Waals surface area contributed by atoms with Crippen molar-refractivity contribution in [3.05, 3.63) is 16.8 Å². The van der Waals surface area contributed by atoms with Gasteiger partial charge in [-0.1, -0.05) is 0 Å². The molecule has 0 amide bonds. The molecule has 1 aliphatic heterocycles. The number of hydrogen-bond acceptors (Lipinski definition) is 5. The maximum atomic E-state index is 9.32. The first-order valence-corrected chi connectivity index (χ1v) is 6.18. The summed E-state index contributed by atoms with van der Waals surface area (Å²) in [5, 5.41) is 21.1. The molecule has 2 heterocycles. The second-order valence-corrected chi connectivity index (χ2v) is 5.45. The van der Waals surface area contributed by atoms with E-state index >= 15 is 0 Å². The molecule has 1 aliphatic rings. The molecule has 0 aliphatic carbocycles. The molecule has 1 fully saturated rings. The number of nitrogens with zero attached hydrogens (tertiary/aromatic N) is 4. The van der Waals surface area contributed by atoms with E-state index < -0.39 is 0 Å². The lowest BCUT2D eigenvalue weighted by atomic mass is 10.0. The Hall–Kier alpha value is -1.67. The fraction of sp³-hybridized carbons (Fsp3) is 0.615. The number of hydrogen-bond donors (Lipinski definition) is 1. The van der Waals surface area contributed by atoms with E-state index in [9.17, 15) is 5.26 Å². The first kappa shape index (κ1) is 12.8. The van der Waals surface area contributed by atoms with Crippen LogP contribution in [0.4, 0.5) is 5.82 Å². The normalized spacial score (nSPS) is 18.5. The van der Waals surface area contributed by atoms with E-state index in [1.165, 1.54) is 0 Å². The van der Waals surface area contributed by atoms with Crippen LogP contribution in [0.5, 0.6) is 0 Å². The summed E-state index contributed by atoms with van der Waals surface area (Å²) in [5.74, 6) is 0.718. The molecule has 18 heavy (non-hydrogen) atoms.